The summed E-state index contributed by atoms with van der Waals surface area (Å²) in [5.41, 5.74) is 0.667. The molecule has 1 heterocycles. The summed E-state index contributed by atoms with van der Waals surface area (Å²) < 4.78 is 1.76. The Morgan fingerprint density at radius 2 is 1.87 bits per heavy atom. The highest BCUT2D eigenvalue weighted by atomic mass is 32.2. The number of amides is 1. The Kier molecular flexibility index (Phi) is 7.94. The van der Waals surface area contributed by atoms with Crippen molar-refractivity contribution < 1.29 is 9.69 Å². The number of nitrogens with one attached hydrogen (secondary N) is 2. The maximum Gasteiger partial charge on any atom is 0.262 e. The van der Waals surface area contributed by atoms with Crippen LogP contribution < -0.4 is 15.8 Å². The van der Waals surface area contributed by atoms with Crippen molar-refractivity contribution in [1.29, 1.82) is 0 Å². The van der Waals surface area contributed by atoms with E-state index in [1.807, 2.05) is 24.3 Å². The predicted octanol–water partition coefficient (Wildman–Crippen LogP) is 2.25. The number of fused-ring (bicyclic) bond motifs is 1. The van der Waals surface area contributed by atoms with Crippen molar-refractivity contribution in [3.05, 3.63) is 34.6 Å². The SMILES string of the molecule is CC(C)[NH+](CCn1c(SCC(=O)NC2CCCC2)nc2ccccc2c1=O)C(C)C. The van der Waals surface area contributed by atoms with Crippen molar-refractivity contribution in [2.75, 3.05) is 12.3 Å². The van der Waals surface area contributed by atoms with E-state index in [9.17, 15) is 9.59 Å². The molecule has 0 saturated heterocycles. The zero-order valence-electron chi connectivity index (χ0n) is 18.6. The molecule has 3 rings (SSSR count). The summed E-state index contributed by atoms with van der Waals surface area (Å²) in [6.45, 7) is 10.3. The average molecular weight is 432 g/mol. The summed E-state index contributed by atoms with van der Waals surface area (Å²) in [5.74, 6) is 0.309. The van der Waals surface area contributed by atoms with Gasteiger partial charge in [-0.25, -0.2) is 4.98 Å². The highest BCUT2D eigenvalue weighted by Crippen LogP contribution is 2.20. The van der Waals surface area contributed by atoms with Crippen molar-refractivity contribution in [3.8, 4) is 0 Å². The first kappa shape index (κ1) is 22.8. The quantitative estimate of drug-likeness (QED) is 0.472. The molecular formula is C23H35N4O2S+. The number of thioether (sulfide) groups is 1. The first-order valence-electron chi connectivity index (χ1n) is 11.1. The molecule has 1 aromatic carbocycles. The summed E-state index contributed by atoms with van der Waals surface area (Å²) in [7, 11) is 0. The fourth-order valence-corrected chi connectivity index (χ4v) is 5.25. The normalized spacial score (nSPS) is 15.0. The van der Waals surface area contributed by atoms with Gasteiger partial charge in [-0.1, -0.05) is 36.7 Å². The molecule has 1 saturated carbocycles. The lowest BCUT2D eigenvalue weighted by molar-refractivity contribution is -0.942. The summed E-state index contributed by atoms with van der Waals surface area (Å²) in [6, 6.07) is 8.71. The highest BCUT2D eigenvalue weighted by molar-refractivity contribution is 7.99. The van der Waals surface area contributed by atoms with Gasteiger partial charge in [0, 0.05) is 6.04 Å². The minimum atomic E-state index is -0.0221. The lowest BCUT2D eigenvalue weighted by Crippen LogP contribution is -3.18. The molecule has 0 unspecified atom stereocenters. The van der Waals surface area contributed by atoms with Crippen molar-refractivity contribution in [1.82, 2.24) is 14.9 Å². The standard InChI is InChI=1S/C23H34N4O2S/c1-16(2)26(17(3)4)13-14-27-22(29)19-11-7-8-12-20(19)25-23(27)30-15-21(28)24-18-9-5-6-10-18/h7-8,11-12,16-18H,5-6,9-10,13-15H2,1-4H3,(H,24,28)/p+1. The van der Waals surface area contributed by atoms with Crippen LogP contribution in [0.4, 0.5) is 0 Å². The zero-order valence-corrected chi connectivity index (χ0v) is 19.4. The summed E-state index contributed by atoms with van der Waals surface area (Å²) >= 11 is 1.37. The largest absolute Gasteiger partial charge is 0.353 e. The van der Waals surface area contributed by atoms with E-state index in [4.69, 9.17) is 4.98 Å². The van der Waals surface area contributed by atoms with Crippen LogP contribution in [0.2, 0.25) is 0 Å². The van der Waals surface area contributed by atoms with E-state index in [1.54, 1.807) is 4.57 Å². The Balaban J connectivity index is 1.81. The molecule has 0 radical (unpaired) electrons. The van der Waals surface area contributed by atoms with Gasteiger partial charge in [0.25, 0.3) is 5.56 Å². The predicted molar refractivity (Wildman–Crippen MR) is 123 cm³/mol. The molecule has 1 amide bonds. The third-order valence-corrected chi connectivity index (χ3v) is 6.96. The molecule has 1 fully saturated rings. The van der Waals surface area contributed by atoms with Crippen molar-refractivity contribution in [2.24, 2.45) is 0 Å². The molecule has 0 aliphatic heterocycles. The van der Waals surface area contributed by atoms with Crippen LogP contribution in [-0.4, -0.2) is 45.9 Å². The smallest absolute Gasteiger partial charge is 0.262 e. The van der Waals surface area contributed by atoms with Gasteiger partial charge in [-0.2, -0.15) is 0 Å². The molecule has 2 N–H and O–H groups in total. The molecule has 1 aliphatic carbocycles. The van der Waals surface area contributed by atoms with Gasteiger partial charge in [-0.05, 0) is 52.7 Å². The van der Waals surface area contributed by atoms with Gasteiger partial charge in [-0.3, -0.25) is 14.2 Å². The minimum absolute atomic E-state index is 0.0221. The van der Waals surface area contributed by atoms with Crippen LogP contribution >= 0.6 is 11.8 Å². The molecule has 1 aliphatic rings. The Bertz CT molecular complexity index is 911. The summed E-state index contributed by atoms with van der Waals surface area (Å²) in [5, 5.41) is 4.39. The molecule has 0 bridgehead atoms. The van der Waals surface area contributed by atoms with Crippen LogP contribution in [-0.2, 0) is 11.3 Å². The summed E-state index contributed by atoms with van der Waals surface area (Å²) in [6.07, 6.45) is 4.51. The number of quaternary nitrogens is 1. The van der Waals surface area contributed by atoms with Crippen LogP contribution in [0.1, 0.15) is 53.4 Å². The topological polar surface area (TPSA) is 68.4 Å². The third-order valence-electron chi connectivity index (χ3n) is 5.99. The number of hydrogen-bond acceptors (Lipinski definition) is 4. The molecule has 0 spiro atoms. The fraction of sp³-hybridized carbons (Fsp3) is 0.609. The lowest BCUT2D eigenvalue weighted by atomic mass is 10.2. The number of carbonyl (C=O) groups excluding carboxylic acids is 1. The second kappa shape index (κ2) is 10.4. The van der Waals surface area contributed by atoms with Crippen LogP contribution in [0.3, 0.4) is 0 Å². The van der Waals surface area contributed by atoms with Crippen molar-refractivity contribution >= 4 is 28.6 Å². The van der Waals surface area contributed by atoms with Gasteiger partial charge in [0.15, 0.2) is 5.16 Å². The average Bonchev–Trinajstić information content (AvgIpc) is 3.20. The molecule has 164 valence electrons. The lowest BCUT2D eigenvalue weighted by Gasteiger charge is -2.28. The molecule has 30 heavy (non-hydrogen) atoms. The first-order chi connectivity index (χ1) is 14.4. The second-order valence-corrected chi connectivity index (χ2v) is 9.78. The van der Waals surface area contributed by atoms with Crippen LogP contribution in [0.5, 0.6) is 0 Å². The van der Waals surface area contributed by atoms with Gasteiger partial charge in [-0.15, -0.1) is 0 Å². The molecule has 6 nitrogen and oxygen atoms in total. The maximum atomic E-state index is 13.2. The minimum Gasteiger partial charge on any atom is -0.353 e. The molecule has 7 heteroatoms. The number of nitrogens with zero attached hydrogens (tertiary/aromatic N) is 2. The van der Waals surface area contributed by atoms with Crippen LogP contribution in [0.25, 0.3) is 10.9 Å². The van der Waals surface area contributed by atoms with E-state index in [0.29, 0.717) is 40.7 Å². The number of aromatic nitrogens is 2. The van der Waals surface area contributed by atoms with E-state index in [1.165, 1.54) is 29.5 Å². The van der Waals surface area contributed by atoms with Gasteiger partial charge < -0.3 is 10.2 Å². The fourth-order valence-electron chi connectivity index (χ4n) is 4.41. The van der Waals surface area contributed by atoms with Gasteiger partial charge in [0.05, 0.1) is 41.8 Å². The second-order valence-electron chi connectivity index (χ2n) is 8.84. The number of rotatable bonds is 9. The van der Waals surface area contributed by atoms with Crippen molar-refractivity contribution in [2.45, 2.75) is 83.2 Å². The Morgan fingerprint density at radius 1 is 1.20 bits per heavy atom. The zero-order chi connectivity index (χ0) is 21.7. The maximum absolute atomic E-state index is 13.2. The van der Waals surface area contributed by atoms with E-state index in [2.05, 4.69) is 33.0 Å². The van der Waals surface area contributed by atoms with E-state index in [0.717, 1.165) is 19.4 Å². The number of para-hydroxylation sites is 1. The molecular weight excluding hydrogens is 396 g/mol. The van der Waals surface area contributed by atoms with Gasteiger partial charge in [0.1, 0.15) is 0 Å². The monoisotopic (exact) mass is 431 g/mol. The number of hydrogen-bond donors (Lipinski definition) is 2. The summed E-state index contributed by atoms with van der Waals surface area (Å²) in [4.78, 5) is 31.8. The van der Waals surface area contributed by atoms with Crippen LogP contribution in [0, 0.1) is 0 Å². The van der Waals surface area contributed by atoms with Gasteiger partial charge >= 0.3 is 0 Å². The van der Waals surface area contributed by atoms with Gasteiger partial charge in [0.2, 0.25) is 5.91 Å². The van der Waals surface area contributed by atoms with Crippen LogP contribution in [0.15, 0.2) is 34.2 Å². The first-order valence-corrected chi connectivity index (χ1v) is 12.1. The van der Waals surface area contributed by atoms with E-state index >= 15 is 0 Å². The highest BCUT2D eigenvalue weighted by Gasteiger charge is 2.21. The Labute approximate surface area is 183 Å². The third kappa shape index (κ3) is 5.64. The Morgan fingerprint density at radius 3 is 2.53 bits per heavy atom. The van der Waals surface area contributed by atoms with E-state index < -0.39 is 0 Å². The van der Waals surface area contributed by atoms with Crippen molar-refractivity contribution in [3.63, 3.8) is 0 Å². The molecule has 1 aromatic heterocycles. The number of carbonyl (C=O) groups is 1. The number of benzene rings is 1. The molecule has 0 atom stereocenters. The van der Waals surface area contributed by atoms with E-state index in [-0.39, 0.29) is 17.2 Å². The Hall–Kier alpha value is -1.86. The molecule has 2 aromatic rings.